The van der Waals surface area contributed by atoms with E-state index in [4.69, 9.17) is 4.42 Å². The molecule has 3 rings (SSSR count). The Kier molecular flexibility index (Phi) is 4.13. The van der Waals surface area contributed by atoms with E-state index < -0.39 is 0 Å². The molecule has 0 aromatic carbocycles. The summed E-state index contributed by atoms with van der Waals surface area (Å²) in [5.74, 6) is 1.11. The van der Waals surface area contributed by atoms with E-state index in [1.165, 1.54) is 0 Å². The maximum absolute atomic E-state index is 12.8. The number of carbonyl (C=O) groups excluding carboxylic acids is 2. The van der Waals surface area contributed by atoms with Crippen LogP contribution in [-0.4, -0.2) is 29.2 Å². The van der Waals surface area contributed by atoms with E-state index in [1.807, 2.05) is 11.8 Å². The Labute approximate surface area is 125 Å². The highest BCUT2D eigenvalue weighted by Crippen LogP contribution is 2.32. The minimum atomic E-state index is 0.0318. The van der Waals surface area contributed by atoms with E-state index >= 15 is 0 Å². The number of ketones is 1. The van der Waals surface area contributed by atoms with Crippen LogP contribution in [0.2, 0.25) is 0 Å². The third-order valence-corrected chi connectivity index (χ3v) is 4.97. The quantitative estimate of drug-likeness (QED) is 0.839. The molecule has 2 unspecified atom stereocenters. The van der Waals surface area contributed by atoms with Crippen LogP contribution in [0, 0.1) is 12.8 Å². The molecule has 1 aromatic heterocycles. The first kappa shape index (κ1) is 14.4. The summed E-state index contributed by atoms with van der Waals surface area (Å²) in [6.45, 7) is 2.58. The maximum atomic E-state index is 12.8. The Morgan fingerprint density at radius 2 is 2.05 bits per heavy atom. The molecule has 4 heteroatoms. The Balaban J connectivity index is 1.82. The predicted molar refractivity (Wildman–Crippen MR) is 79.1 cm³/mol. The number of amides is 1. The molecular weight excluding hydrogens is 266 g/mol. The van der Waals surface area contributed by atoms with Crippen molar-refractivity contribution < 1.29 is 14.0 Å². The molecule has 4 nitrogen and oxygen atoms in total. The number of hydrogen-bond donors (Lipinski definition) is 0. The number of furan rings is 1. The summed E-state index contributed by atoms with van der Waals surface area (Å²) in [6.07, 6.45) is 8.41. The van der Waals surface area contributed by atoms with E-state index in [1.54, 1.807) is 12.3 Å². The second-order valence-electron chi connectivity index (χ2n) is 6.27. The van der Waals surface area contributed by atoms with E-state index in [0.29, 0.717) is 23.5 Å². The molecule has 1 saturated heterocycles. The van der Waals surface area contributed by atoms with Crippen molar-refractivity contribution in [2.45, 2.75) is 57.9 Å². The van der Waals surface area contributed by atoms with Crippen LogP contribution in [0.3, 0.4) is 0 Å². The van der Waals surface area contributed by atoms with Gasteiger partial charge in [-0.1, -0.05) is 6.42 Å². The van der Waals surface area contributed by atoms with Gasteiger partial charge < -0.3 is 9.32 Å². The van der Waals surface area contributed by atoms with Gasteiger partial charge in [0.25, 0.3) is 5.91 Å². The lowest BCUT2D eigenvalue weighted by Gasteiger charge is -2.41. The molecule has 1 saturated carbocycles. The number of nitrogens with zero attached hydrogens (tertiary/aromatic N) is 1. The van der Waals surface area contributed by atoms with Crippen molar-refractivity contribution in [1.82, 2.24) is 4.90 Å². The molecule has 2 aliphatic rings. The van der Waals surface area contributed by atoms with E-state index in [2.05, 4.69) is 0 Å². The van der Waals surface area contributed by atoms with Gasteiger partial charge in [0, 0.05) is 24.9 Å². The standard InChI is InChI=1S/C17H23NO3/c1-12-13(9-11-21-12)17(20)18-10-5-4-7-15(18)14-6-2-3-8-16(14)19/h9,11,14-15H,2-8,10H2,1H3. The zero-order valence-corrected chi connectivity index (χ0v) is 12.6. The fourth-order valence-corrected chi connectivity index (χ4v) is 3.81. The third kappa shape index (κ3) is 2.76. The van der Waals surface area contributed by atoms with Gasteiger partial charge in [-0.15, -0.1) is 0 Å². The Bertz CT molecular complexity index is 534. The molecule has 21 heavy (non-hydrogen) atoms. The smallest absolute Gasteiger partial charge is 0.257 e. The highest BCUT2D eigenvalue weighted by atomic mass is 16.3. The monoisotopic (exact) mass is 289 g/mol. The minimum Gasteiger partial charge on any atom is -0.469 e. The number of likely N-dealkylation sites (tertiary alicyclic amines) is 1. The second kappa shape index (κ2) is 6.04. The SMILES string of the molecule is Cc1occc1C(=O)N1CCCCC1C1CCCCC1=O. The van der Waals surface area contributed by atoms with Gasteiger partial charge in [0.1, 0.15) is 11.5 Å². The Morgan fingerprint density at radius 3 is 2.76 bits per heavy atom. The van der Waals surface area contributed by atoms with Crippen molar-refractivity contribution in [2.24, 2.45) is 5.92 Å². The molecule has 1 aliphatic carbocycles. The minimum absolute atomic E-state index is 0.0318. The molecule has 1 aliphatic heterocycles. The third-order valence-electron chi connectivity index (χ3n) is 4.97. The topological polar surface area (TPSA) is 50.5 Å². The average Bonchev–Trinajstić information content (AvgIpc) is 2.93. The van der Waals surface area contributed by atoms with Crippen molar-refractivity contribution >= 4 is 11.7 Å². The second-order valence-corrected chi connectivity index (χ2v) is 6.27. The number of hydrogen-bond acceptors (Lipinski definition) is 3. The summed E-state index contributed by atoms with van der Waals surface area (Å²) >= 11 is 0. The summed E-state index contributed by atoms with van der Waals surface area (Å²) in [4.78, 5) is 27.0. The summed E-state index contributed by atoms with van der Waals surface area (Å²) in [6, 6.07) is 1.83. The van der Waals surface area contributed by atoms with E-state index in [9.17, 15) is 9.59 Å². The molecule has 0 bridgehead atoms. The summed E-state index contributed by atoms with van der Waals surface area (Å²) in [5, 5.41) is 0. The summed E-state index contributed by atoms with van der Waals surface area (Å²) in [5.41, 5.74) is 0.644. The summed E-state index contributed by atoms with van der Waals surface area (Å²) < 4.78 is 5.26. The van der Waals surface area contributed by atoms with Crippen molar-refractivity contribution in [3.8, 4) is 0 Å². The lowest BCUT2D eigenvalue weighted by Crippen LogP contribution is -2.50. The number of piperidine rings is 1. The van der Waals surface area contributed by atoms with Gasteiger partial charge in [-0.25, -0.2) is 0 Å². The van der Waals surface area contributed by atoms with Gasteiger partial charge in [0.2, 0.25) is 0 Å². The van der Waals surface area contributed by atoms with E-state index in [-0.39, 0.29) is 17.9 Å². The highest BCUT2D eigenvalue weighted by Gasteiger charge is 2.38. The fourth-order valence-electron chi connectivity index (χ4n) is 3.81. The molecule has 114 valence electrons. The van der Waals surface area contributed by atoms with Gasteiger partial charge >= 0.3 is 0 Å². The summed E-state index contributed by atoms with van der Waals surface area (Å²) in [7, 11) is 0. The van der Waals surface area contributed by atoms with E-state index in [0.717, 1.165) is 45.1 Å². The lowest BCUT2D eigenvalue weighted by molar-refractivity contribution is -0.127. The molecule has 1 amide bonds. The van der Waals surface area contributed by atoms with Crippen LogP contribution in [0.1, 0.15) is 61.1 Å². The van der Waals surface area contributed by atoms with Crippen LogP contribution in [0.4, 0.5) is 0 Å². The zero-order chi connectivity index (χ0) is 14.8. The van der Waals surface area contributed by atoms with Crippen molar-refractivity contribution in [2.75, 3.05) is 6.54 Å². The van der Waals surface area contributed by atoms with Gasteiger partial charge in [0.15, 0.2) is 0 Å². The molecular formula is C17H23NO3. The van der Waals surface area contributed by atoms with Gasteiger partial charge in [-0.2, -0.15) is 0 Å². The van der Waals surface area contributed by atoms with Crippen LogP contribution in [0.25, 0.3) is 0 Å². The van der Waals surface area contributed by atoms with Crippen LogP contribution in [0.15, 0.2) is 16.7 Å². The number of carbonyl (C=O) groups is 2. The molecule has 2 heterocycles. The normalized spacial score (nSPS) is 26.9. The molecule has 0 N–H and O–H groups in total. The molecule has 2 atom stereocenters. The maximum Gasteiger partial charge on any atom is 0.257 e. The van der Waals surface area contributed by atoms with Gasteiger partial charge in [0.05, 0.1) is 11.8 Å². The van der Waals surface area contributed by atoms with Gasteiger partial charge in [-0.3, -0.25) is 9.59 Å². The van der Waals surface area contributed by atoms with Crippen LogP contribution in [0.5, 0.6) is 0 Å². The molecule has 0 radical (unpaired) electrons. The Hall–Kier alpha value is -1.58. The lowest BCUT2D eigenvalue weighted by atomic mass is 9.79. The number of aryl methyl sites for hydroxylation is 1. The van der Waals surface area contributed by atoms with Gasteiger partial charge in [-0.05, 0) is 45.1 Å². The van der Waals surface area contributed by atoms with Crippen molar-refractivity contribution in [1.29, 1.82) is 0 Å². The average molecular weight is 289 g/mol. The first-order chi connectivity index (χ1) is 10.2. The fraction of sp³-hybridized carbons (Fsp3) is 0.647. The van der Waals surface area contributed by atoms with Crippen molar-refractivity contribution in [3.05, 3.63) is 23.7 Å². The molecule has 0 spiro atoms. The zero-order valence-electron chi connectivity index (χ0n) is 12.6. The number of Topliss-reactive ketones (excluding diaryl/α,β-unsaturated/α-hetero) is 1. The Morgan fingerprint density at radius 1 is 1.24 bits per heavy atom. The van der Waals surface area contributed by atoms with Crippen LogP contribution < -0.4 is 0 Å². The number of rotatable bonds is 2. The first-order valence-electron chi connectivity index (χ1n) is 8.06. The molecule has 1 aromatic rings. The van der Waals surface area contributed by atoms with Crippen LogP contribution >= 0.6 is 0 Å². The van der Waals surface area contributed by atoms with Crippen LogP contribution in [-0.2, 0) is 4.79 Å². The molecule has 2 fully saturated rings. The predicted octanol–water partition coefficient (Wildman–Crippen LogP) is 3.34. The largest absolute Gasteiger partial charge is 0.469 e. The van der Waals surface area contributed by atoms with Crippen molar-refractivity contribution in [3.63, 3.8) is 0 Å². The highest BCUT2D eigenvalue weighted by molar-refractivity contribution is 5.96. The first-order valence-corrected chi connectivity index (χ1v) is 8.06.